The van der Waals surface area contributed by atoms with Crippen molar-refractivity contribution in [1.29, 1.82) is 0 Å². The van der Waals surface area contributed by atoms with Crippen LogP contribution in [0, 0.1) is 0 Å². The first kappa shape index (κ1) is 24.2. The predicted octanol–water partition coefficient (Wildman–Crippen LogP) is 2.48. The molecule has 0 saturated heterocycles. The van der Waals surface area contributed by atoms with Gasteiger partial charge in [-0.3, -0.25) is 19.2 Å². The Balaban J connectivity index is 4.56. The second-order valence-electron chi connectivity index (χ2n) is 5.96. The SMILES string of the molecule is C=CC(=O)CCCN(CCCN(CCCC(=O)C=C)C(=O)C=C)C(=O)C=C. The summed E-state index contributed by atoms with van der Waals surface area (Å²) in [6, 6.07) is 0. The van der Waals surface area contributed by atoms with E-state index in [1.807, 2.05) is 0 Å². The van der Waals surface area contributed by atoms with Crippen LogP contribution in [-0.4, -0.2) is 59.4 Å². The zero-order valence-corrected chi connectivity index (χ0v) is 16.0. The van der Waals surface area contributed by atoms with Crippen molar-refractivity contribution in [2.75, 3.05) is 26.2 Å². The smallest absolute Gasteiger partial charge is 0.245 e. The lowest BCUT2D eigenvalue weighted by Crippen LogP contribution is -2.36. The van der Waals surface area contributed by atoms with E-state index >= 15 is 0 Å². The molecule has 0 aliphatic heterocycles. The van der Waals surface area contributed by atoms with Gasteiger partial charge in [0, 0.05) is 39.0 Å². The van der Waals surface area contributed by atoms with Gasteiger partial charge in [-0.2, -0.15) is 0 Å². The van der Waals surface area contributed by atoms with Crippen LogP contribution in [0.3, 0.4) is 0 Å². The molecule has 6 heteroatoms. The summed E-state index contributed by atoms with van der Waals surface area (Å²) in [6.45, 7) is 15.6. The number of hydrogen-bond acceptors (Lipinski definition) is 4. The average Bonchev–Trinajstić information content (AvgIpc) is 2.69. The standard InChI is InChI=1S/C21H30N2O4/c1-5-18(24)12-9-14-22(20(26)7-3)16-11-17-23(21(27)8-4)15-10-13-19(25)6-2/h5-8H,1-4,9-17H2. The van der Waals surface area contributed by atoms with E-state index in [2.05, 4.69) is 26.3 Å². The summed E-state index contributed by atoms with van der Waals surface area (Å²) in [5.41, 5.74) is 0. The second kappa shape index (κ2) is 14.4. The molecule has 0 radical (unpaired) electrons. The quantitative estimate of drug-likeness (QED) is 0.389. The van der Waals surface area contributed by atoms with Gasteiger partial charge in [-0.1, -0.05) is 26.3 Å². The Hall–Kier alpha value is -2.76. The number of allylic oxidation sites excluding steroid dienone is 2. The lowest BCUT2D eigenvalue weighted by molar-refractivity contribution is -0.127. The number of hydrogen-bond donors (Lipinski definition) is 0. The van der Waals surface area contributed by atoms with Crippen molar-refractivity contribution in [1.82, 2.24) is 9.80 Å². The summed E-state index contributed by atoms with van der Waals surface area (Å²) in [5.74, 6) is -0.533. The van der Waals surface area contributed by atoms with Gasteiger partial charge in [0.15, 0.2) is 11.6 Å². The van der Waals surface area contributed by atoms with Gasteiger partial charge in [-0.05, 0) is 43.6 Å². The third-order valence-electron chi connectivity index (χ3n) is 3.99. The molecule has 148 valence electrons. The zero-order chi connectivity index (χ0) is 20.7. The maximum atomic E-state index is 12.0. The zero-order valence-electron chi connectivity index (χ0n) is 16.0. The first-order chi connectivity index (χ1) is 12.9. The van der Waals surface area contributed by atoms with Crippen LogP contribution in [0.5, 0.6) is 0 Å². The van der Waals surface area contributed by atoms with Crippen LogP contribution in [-0.2, 0) is 19.2 Å². The van der Waals surface area contributed by atoms with Gasteiger partial charge in [0.05, 0.1) is 0 Å². The van der Waals surface area contributed by atoms with E-state index in [-0.39, 0.29) is 23.4 Å². The highest BCUT2D eigenvalue weighted by molar-refractivity contribution is 5.90. The van der Waals surface area contributed by atoms with Crippen LogP contribution in [0.1, 0.15) is 32.1 Å². The van der Waals surface area contributed by atoms with Crippen LogP contribution >= 0.6 is 0 Å². The number of amides is 2. The van der Waals surface area contributed by atoms with Crippen molar-refractivity contribution < 1.29 is 19.2 Å². The Bertz CT molecular complexity index is 531. The molecule has 0 aliphatic carbocycles. The molecule has 0 rings (SSSR count). The first-order valence-electron chi connectivity index (χ1n) is 9.02. The van der Waals surface area contributed by atoms with Crippen LogP contribution in [0.4, 0.5) is 0 Å². The van der Waals surface area contributed by atoms with Crippen LogP contribution in [0.15, 0.2) is 50.6 Å². The molecule has 27 heavy (non-hydrogen) atoms. The van der Waals surface area contributed by atoms with Crippen molar-refractivity contribution >= 4 is 23.4 Å². The fourth-order valence-electron chi connectivity index (χ4n) is 2.47. The summed E-state index contributed by atoms with van der Waals surface area (Å²) < 4.78 is 0. The first-order valence-corrected chi connectivity index (χ1v) is 9.02. The Morgan fingerprint density at radius 3 is 1.19 bits per heavy atom. The van der Waals surface area contributed by atoms with Crippen molar-refractivity contribution in [2.45, 2.75) is 32.1 Å². The number of ketones is 2. The van der Waals surface area contributed by atoms with E-state index in [1.165, 1.54) is 24.3 Å². The highest BCUT2D eigenvalue weighted by Crippen LogP contribution is 2.04. The van der Waals surface area contributed by atoms with Crippen LogP contribution in [0.25, 0.3) is 0 Å². The van der Waals surface area contributed by atoms with E-state index in [0.29, 0.717) is 58.3 Å². The van der Waals surface area contributed by atoms with Gasteiger partial charge < -0.3 is 9.80 Å². The Morgan fingerprint density at radius 2 is 0.889 bits per heavy atom. The summed E-state index contributed by atoms with van der Waals surface area (Å²) in [4.78, 5) is 49.7. The van der Waals surface area contributed by atoms with Gasteiger partial charge in [0.2, 0.25) is 11.8 Å². The molecule has 2 amide bonds. The summed E-state index contributed by atoms with van der Waals surface area (Å²) in [7, 11) is 0. The minimum absolute atomic E-state index is 0.0576. The monoisotopic (exact) mass is 374 g/mol. The number of nitrogens with zero attached hydrogens (tertiary/aromatic N) is 2. The average molecular weight is 374 g/mol. The van der Waals surface area contributed by atoms with E-state index in [1.54, 1.807) is 9.80 Å². The van der Waals surface area contributed by atoms with Crippen molar-refractivity contribution in [3.8, 4) is 0 Å². The highest BCUT2D eigenvalue weighted by atomic mass is 16.2. The van der Waals surface area contributed by atoms with Gasteiger partial charge in [0.25, 0.3) is 0 Å². The topological polar surface area (TPSA) is 74.8 Å². The van der Waals surface area contributed by atoms with E-state index in [4.69, 9.17) is 0 Å². The predicted molar refractivity (Wildman–Crippen MR) is 107 cm³/mol. The van der Waals surface area contributed by atoms with E-state index < -0.39 is 0 Å². The van der Waals surface area contributed by atoms with E-state index in [0.717, 1.165) is 0 Å². The maximum Gasteiger partial charge on any atom is 0.245 e. The summed E-state index contributed by atoms with van der Waals surface area (Å²) in [6.07, 6.45) is 7.36. The molecule has 0 saturated carbocycles. The fourth-order valence-corrected chi connectivity index (χ4v) is 2.47. The molecular weight excluding hydrogens is 344 g/mol. The molecule has 0 spiro atoms. The van der Waals surface area contributed by atoms with Crippen molar-refractivity contribution in [3.05, 3.63) is 50.6 Å². The molecule has 0 aromatic carbocycles. The summed E-state index contributed by atoms with van der Waals surface area (Å²) >= 11 is 0. The third-order valence-corrected chi connectivity index (χ3v) is 3.99. The molecular formula is C21H30N2O4. The minimum atomic E-state index is -0.209. The van der Waals surface area contributed by atoms with Gasteiger partial charge in [-0.25, -0.2) is 0 Å². The molecule has 0 fully saturated rings. The summed E-state index contributed by atoms with van der Waals surface area (Å²) in [5, 5.41) is 0. The lowest BCUT2D eigenvalue weighted by atomic mass is 10.2. The molecule has 6 nitrogen and oxygen atoms in total. The molecule has 0 aliphatic rings. The molecule has 0 unspecified atom stereocenters. The lowest BCUT2D eigenvalue weighted by Gasteiger charge is -2.25. The Labute approximate surface area is 161 Å². The number of carbonyl (C=O) groups excluding carboxylic acids is 4. The maximum absolute atomic E-state index is 12.0. The Kier molecular flexibility index (Phi) is 12.9. The van der Waals surface area contributed by atoms with E-state index in [9.17, 15) is 19.2 Å². The minimum Gasteiger partial charge on any atom is -0.339 e. The van der Waals surface area contributed by atoms with Crippen LogP contribution in [0.2, 0.25) is 0 Å². The normalized spacial score (nSPS) is 9.78. The third kappa shape index (κ3) is 10.7. The highest BCUT2D eigenvalue weighted by Gasteiger charge is 2.14. The van der Waals surface area contributed by atoms with Crippen molar-refractivity contribution in [2.24, 2.45) is 0 Å². The molecule has 0 N–H and O–H groups in total. The second-order valence-corrected chi connectivity index (χ2v) is 5.96. The molecule has 0 atom stereocenters. The molecule has 0 heterocycles. The molecule has 0 aromatic rings. The fraction of sp³-hybridized carbons (Fsp3) is 0.429. The number of carbonyl (C=O) groups is 4. The van der Waals surface area contributed by atoms with Crippen molar-refractivity contribution in [3.63, 3.8) is 0 Å². The van der Waals surface area contributed by atoms with Crippen LogP contribution < -0.4 is 0 Å². The molecule has 0 bridgehead atoms. The number of rotatable bonds is 16. The Morgan fingerprint density at radius 1 is 0.556 bits per heavy atom. The van der Waals surface area contributed by atoms with Gasteiger partial charge >= 0.3 is 0 Å². The molecule has 0 aromatic heterocycles. The largest absolute Gasteiger partial charge is 0.339 e. The van der Waals surface area contributed by atoms with Gasteiger partial charge in [-0.15, -0.1) is 0 Å². The van der Waals surface area contributed by atoms with Gasteiger partial charge in [0.1, 0.15) is 0 Å².